The van der Waals surface area contributed by atoms with Crippen molar-refractivity contribution in [3.8, 4) is 17.2 Å². The number of sulfonamides is 1. The summed E-state index contributed by atoms with van der Waals surface area (Å²) in [5, 5.41) is 3.02. The number of nitrogens with zero attached hydrogens (tertiary/aromatic N) is 1. The molecule has 0 bridgehead atoms. The fraction of sp³-hybridized carbons (Fsp3) is 0.458. The molecule has 1 aliphatic heterocycles. The topological polar surface area (TPSA) is 94.2 Å². The highest BCUT2D eigenvalue weighted by Crippen LogP contribution is 2.35. The molecule has 0 aromatic heterocycles. The van der Waals surface area contributed by atoms with Gasteiger partial charge in [0.15, 0.2) is 11.5 Å². The largest absolute Gasteiger partial charge is 0.497 e. The van der Waals surface area contributed by atoms with Gasteiger partial charge in [0.1, 0.15) is 25.5 Å². The van der Waals surface area contributed by atoms with E-state index < -0.39 is 10.0 Å². The molecule has 0 radical (unpaired) electrons. The summed E-state index contributed by atoms with van der Waals surface area (Å²) in [5.41, 5.74) is 1.29. The summed E-state index contributed by atoms with van der Waals surface area (Å²) in [7, 11) is -2.11. The van der Waals surface area contributed by atoms with E-state index in [1.54, 1.807) is 32.2 Å². The highest BCUT2D eigenvalue weighted by atomic mass is 32.2. The molecule has 1 atom stereocenters. The molecule has 33 heavy (non-hydrogen) atoms. The molecule has 1 amide bonds. The van der Waals surface area contributed by atoms with Crippen LogP contribution in [0.4, 0.5) is 5.69 Å². The van der Waals surface area contributed by atoms with Crippen molar-refractivity contribution < 1.29 is 27.4 Å². The third-order valence-corrected chi connectivity index (χ3v) is 7.10. The lowest BCUT2D eigenvalue weighted by Crippen LogP contribution is -2.42. The molecule has 0 unspecified atom stereocenters. The molecule has 0 fully saturated rings. The Morgan fingerprint density at radius 1 is 1.09 bits per heavy atom. The smallest absolute Gasteiger partial charge is 0.241 e. The standard InChI is InChI=1S/C24H32N2O6S/c1-5-33(28,29)26(19-8-11-22-23(15-19)32-13-12-31-22)16-24(27)25-21(14-17(2)3)18-6-9-20(30-4)10-7-18/h6-11,15,17,21H,5,12-14,16H2,1-4H3,(H,25,27)/t21-/m0/s1. The van der Waals surface area contributed by atoms with E-state index in [1.807, 2.05) is 24.3 Å². The number of carbonyl (C=O) groups excluding carboxylic acids is 1. The molecule has 1 N–H and O–H groups in total. The van der Waals surface area contributed by atoms with Gasteiger partial charge in [0.2, 0.25) is 15.9 Å². The number of ether oxygens (including phenoxy) is 3. The van der Waals surface area contributed by atoms with Crippen LogP contribution in [0, 0.1) is 5.92 Å². The van der Waals surface area contributed by atoms with Crippen LogP contribution in [0.5, 0.6) is 17.2 Å². The van der Waals surface area contributed by atoms with Crippen LogP contribution in [0.3, 0.4) is 0 Å². The molecule has 2 aromatic rings. The molecule has 0 saturated carbocycles. The van der Waals surface area contributed by atoms with E-state index in [0.717, 1.165) is 15.6 Å². The van der Waals surface area contributed by atoms with Crippen molar-refractivity contribution in [2.75, 3.05) is 36.9 Å². The van der Waals surface area contributed by atoms with Gasteiger partial charge in [-0.3, -0.25) is 9.10 Å². The molecule has 0 saturated heterocycles. The second-order valence-corrected chi connectivity index (χ2v) is 10.4. The average Bonchev–Trinajstić information content (AvgIpc) is 2.81. The summed E-state index contributed by atoms with van der Waals surface area (Å²) < 4.78 is 43.2. The van der Waals surface area contributed by atoms with Gasteiger partial charge >= 0.3 is 0 Å². The van der Waals surface area contributed by atoms with Crippen molar-refractivity contribution in [3.05, 3.63) is 48.0 Å². The first kappa shape index (κ1) is 24.7. The SMILES string of the molecule is CCS(=O)(=O)N(CC(=O)N[C@@H](CC(C)C)c1ccc(OC)cc1)c1ccc2c(c1)OCCO2. The summed E-state index contributed by atoms with van der Waals surface area (Å²) >= 11 is 0. The van der Waals surface area contributed by atoms with Crippen LogP contribution in [0.1, 0.15) is 38.8 Å². The minimum atomic E-state index is -3.71. The maximum absolute atomic E-state index is 13.1. The molecule has 9 heteroatoms. The summed E-state index contributed by atoms with van der Waals surface area (Å²) in [6, 6.07) is 12.2. The minimum Gasteiger partial charge on any atom is -0.497 e. The Kier molecular flexibility index (Phi) is 8.07. The van der Waals surface area contributed by atoms with Crippen molar-refractivity contribution in [2.24, 2.45) is 5.92 Å². The zero-order chi connectivity index (χ0) is 24.0. The van der Waals surface area contributed by atoms with E-state index in [2.05, 4.69) is 19.2 Å². The second kappa shape index (κ2) is 10.8. The van der Waals surface area contributed by atoms with E-state index in [-0.39, 0.29) is 24.2 Å². The Morgan fingerprint density at radius 2 is 1.76 bits per heavy atom. The lowest BCUT2D eigenvalue weighted by molar-refractivity contribution is -0.120. The Bertz CT molecular complexity index is 1050. The first-order valence-electron chi connectivity index (χ1n) is 11.1. The highest BCUT2D eigenvalue weighted by molar-refractivity contribution is 7.92. The molecule has 8 nitrogen and oxygen atoms in total. The molecule has 2 aromatic carbocycles. The van der Waals surface area contributed by atoms with E-state index in [1.165, 1.54) is 0 Å². The van der Waals surface area contributed by atoms with Gasteiger partial charge in [0.25, 0.3) is 0 Å². The van der Waals surface area contributed by atoms with E-state index in [0.29, 0.717) is 42.7 Å². The van der Waals surface area contributed by atoms with Gasteiger partial charge < -0.3 is 19.5 Å². The van der Waals surface area contributed by atoms with Gasteiger partial charge in [0.05, 0.1) is 24.6 Å². The maximum atomic E-state index is 13.1. The van der Waals surface area contributed by atoms with Crippen LogP contribution in [0.2, 0.25) is 0 Å². The van der Waals surface area contributed by atoms with Gasteiger partial charge in [-0.05, 0) is 49.1 Å². The molecule has 1 aliphatic rings. The lowest BCUT2D eigenvalue weighted by Gasteiger charge is -2.27. The van der Waals surface area contributed by atoms with E-state index >= 15 is 0 Å². The molecular weight excluding hydrogens is 444 g/mol. The van der Waals surface area contributed by atoms with E-state index in [4.69, 9.17) is 14.2 Å². The third kappa shape index (κ3) is 6.31. The summed E-state index contributed by atoms with van der Waals surface area (Å²) in [6.45, 7) is 6.19. The summed E-state index contributed by atoms with van der Waals surface area (Å²) in [5.74, 6) is 1.55. The van der Waals surface area contributed by atoms with Crippen LogP contribution in [0.25, 0.3) is 0 Å². The van der Waals surface area contributed by atoms with Crippen LogP contribution in [0.15, 0.2) is 42.5 Å². The number of anilines is 1. The molecular formula is C24H32N2O6S. The quantitative estimate of drug-likeness (QED) is 0.564. The third-order valence-electron chi connectivity index (χ3n) is 5.36. The number of amides is 1. The van der Waals surface area contributed by atoms with Crippen LogP contribution in [-0.2, 0) is 14.8 Å². The van der Waals surface area contributed by atoms with Gasteiger partial charge in [-0.25, -0.2) is 8.42 Å². The van der Waals surface area contributed by atoms with Crippen molar-refractivity contribution in [1.82, 2.24) is 5.32 Å². The number of rotatable bonds is 10. The average molecular weight is 477 g/mol. The summed E-state index contributed by atoms with van der Waals surface area (Å²) in [6.07, 6.45) is 0.711. The monoisotopic (exact) mass is 476 g/mol. The summed E-state index contributed by atoms with van der Waals surface area (Å²) in [4.78, 5) is 13.1. The maximum Gasteiger partial charge on any atom is 0.241 e. The fourth-order valence-corrected chi connectivity index (χ4v) is 4.71. The Balaban J connectivity index is 1.83. The number of fused-ring (bicyclic) bond motifs is 1. The van der Waals surface area contributed by atoms with E-state index in [9.17, 15) is 13.2 Å². The predicted octanol–water partition coefficient (Wildman–Crippen LogP) is 3.53. The minimum absolute atomic E-state index is 0.136. The van der Waals surface area contributed by atoms with Crippen molar-refractivity contribution in [2.45, 2.75) is 33.2 Å². The predicted molar refractivity (Wildman–Crippen MR) is 128 cm³/mol. The lowest BCUT2D eigenvalue weighted by atomic mass is 9.97. The number of carbonyl (C=O) groups is 1. The zero-order valence-electron chi connectivity index (χ0n) is 19.5. The molecule has 0 aliphatic carbocycles. The van der Waals surface area contributed by atoms with Crippen LogP contribution in [-0.4, -0.2) is 46.9 Å². The Hall–Kier alpha value is -2.94. The molecule has 0 spiro atoms. The number of hydrogen-bond donors (Lipinski definition) is 1. The zero-order valence-corrected chi connectivity index (χ0v) is 20.4. The number of methoxy groups -OCH3 is 1. The first-order chi connectivity index (χ1) is 15.7. The second-order valence-electron chi connectivity index (χ2n) is 8.26. The highest BCUT2D eigenvalue weighted by Gasteiger charge is 2.27. The Labute approximate surface area is 195 Å². The first-order valence-corrected chi connectivity index (χ1v) is 12.7. The molecule has 1 heterocycles. The Morgan fingerprint density at radius 3 is 2.36 bits per heavy atom. The number of hydrogen-bond acceptors (Lipinski definition) is 6. The fourth-order valence-electron chi connectivity index (χ4n) is 3.65. The van der Waals surface area contributed by atoms with Gasteiger partial charge in [-0.1, -0.05) is 26.0 Å². The van der Waals surface area contributed by atoms with Crippen molar-refractivity contribution in [1.29, 1.82) is 0 Å². The van der Waals surface area contributed by atoms with Crippen molar-refractivity contribution in [3.63, 3.8) is 0 Å². The number of nitrogens with one attached hydrogen (secondary N) is 1. The van der Waals surface area contributed by atoms with Crippen LogP contribution < -0.4 is 23.8 Å². The van der Waals surface area contributed by atoms with Crippen LogP contribution >= 0.6 is 0 Å². The van der Waals surface area contributed by atoms with Gasteiger partial charge in [-0.15, -0.1) is 0 Å². The molecule has 180 valence electrons. The van der Waals surface area contributed by atoms with Gasteiger partial charge in [0, 0.05) is 6.07 Å². The van der Waals surface area contributed by atoms with Gasteiger partial charge in [-0.2, -0.15) is 0 Å². The molecule has 3 rings (SSSR count). The normalized spacial score (nSPS) is 14.0. The number of benzene rings is 2. The van der Waals surface area contributed by atoms with Crippen molar-refractivity contribution >= 4 is 21.6 Å².